The average Bonchev–Trinajstić information content (AvgIpc) is 3.08. The van der Waals surface area contributed by atoms with Crippen LogP contribution in [-0.4, -0.2) is 20.0 Å². The molecule has 3 aromatic rings. The Labute approximate surface area is 177 Å². The van der Waals surface area contributed by atoms with E-state index in [4.69, 9.17) is 18.9 Å². The van der Waals surface area contributed by atoms with Gasteiger partial charge in [0.2, 0.25) is 5.78 Å². The maximum Gasteiger partial charge on any atom is 0.231 e. The van der Waals surface area contributed by atoms with Crippen LogP contribution in [0.2, 0.25) is 0 Å². The summed E-state index contributed by atoms with van der Waals surface area (Å²) in [4.78, 5) is 12.7. The summed E-state index contributed by atoms with van der Waals surface area (Å²) in [7, 11) is 3.07. The van der Waals surface area contributed by atoms with E-state index < -0.39 is 11.6 Å². The topological polar surface area (TPSA) is 54.0 Å². The lowest BCUT2D eigenvalue weighted by Gasteiger charge is -2.09. The molecule has 7 heteroatoms. The number of ether oxygens (including phenoxy) is 4. The molecule has 5 nitrogen and oxygen atoms in total. The van der Waals surface area contributed by atoms with Crippen molar-refractivity contribution in [2.75, 3.05) is 14.2 Å². The van der Waals surface area contributed by atoms with Gasteiger partial charge in [-0.3, -0.25) is 4.79 Å². The smallest absolute Gasteiger partial charge is 0.231 e. The van der Waals surface area contributed by atoms with Gasteiger partial charge in [-0.1, -0.05) is 6.07 Å². The fourth-order valence-electron chi connectivity index (χ4n) is 3.18. The zero-order chi connectivity index (χ0) is 22.0. The first-order valence-electron chi connectivity index (χ1n) is 9.36. The van der Waals surface area contributed by atoms with Gasteiger partial charge in [0.05, 0.1) is 25.3 Å². The van der Waals surface area contributed by atoms with E-state index in [1.807, 2.05) is 0 Å². The van der Waals surface area contributed by atoms with Crippen molar-refractivity contribution in [1.82, 2.24) is 0 Å². The Bertz CT molecular complexity index is 1170. The standard InChI is InChI=1S/C24H18F2O5/c1-28-15-7-9-21(29-2)14(10-15)11-23-24(27)17-8-6-16(12-22(17)31-23)30-13-18-19(25)4-3-5-20(18)26/h3-12H,13H2,1-2H3/b23-11-. The average molecular weight is 424 g/mol. The molecule has 31 heavy (non-hydrogen) atoms. The van der Waals surface area contributed by atoms with E-state index in [9.17, 15) is 13.6 Å². The van der Waals surface area contributed by atoms with E-state index in [-0.39, 0.29) is 23.7 Å². The monoisotopic (exact) mass is 424 g/mol. The zero-order valence-electron chi connectivity index (χ0n) is 16.8. The molecule has 0 fully saturated rings. The molecular weight excluding hydrogens is 406 g/mol. The lowest BCUT2D eigenvalue weighted by atomic mass is 10.1. The van der Waals surface area contributed by atoms with E-state index in [1.165, 1.54) is 19.2 Å². The van der Waals surface area contributed by atoms with Gasteiger partial charge in [0.25, 0.3) is 0 Å². The minimum Gasteiger partial charge on any atom is -0.497 e. The molecule has 0 atom stereocenters. The zero-order valence-corrected chi connectivity index (χ0v) is 16.8. The van der Waals surface area contributed by atoms with Crippen LogP contribution < -0.4 is 18.9 Å². The lowest BCUT2D eigenvalue weighted by molar-refractivity contribution is 0.101. The summed E-state index contributed by atoms with van der Waals surface area (Å²) in [5.74, 6) is 0.197. The fourth-order valence-corrected chi connectivity index (χ4v) is 3.18. The highest BCUT2D eigenvalue weighted by Crippen LogP contribution is 2.36. The van der Waals surface area contributed by atoms with Crippen molar-refractivity contribution in [3.63, 3.8) is 0 Å². The van der Waals surface area contributed by atoms with Crippen LogP contribution in [0.15, 0.2) is 60.4 Å². The van der Waals surface area contributed by atoms with Crippen LogP contribution in [0.25, 0.3) is 6.08 Å². The van der Waals surface area contributed by atoms with Gasteiger partial charge in [-0.15, -0.1) is 0 Å². The molecule has 0 saturated heterocycles. The summed E-state index contributed by atoms with van der Waals surface area (Å²) >= 11 is 0. The normalized spacial score (nSPS) is 13.7. The van der Waals surface area contributed by atoms with Crippen molar-refractivity contribution in [1.29, 1.82) is 0 Å². The van der Waals surface area contributed by atoms with Gasteiger partial charge < -0.3 is 18.9 Å². The second kappa shape index (κ2) is 8.47. The highest BCUT2D eigenvalue weighted by Gasteiger charge is 2.28. The van der Waals surface area contributed by atoms with E-state index in [2.05, 4.69) is 0 Å². The maximum atomic E-state index is 13.8. The van der Waals surface area contributed by atoms with Gasteiger partial charge >= 0.3 is 0 Å². The lowest BCUT2D eigenvalue weighted by Crippen LogP contribution is -2.01. The summed E-state index contributed by atoms with van der Waals surface area (Å²) < 4.78 is 49.3. The highest BCUT2D eigenvalue weighted by atomic mass is 19.1. The number of allylic oxidation sites excluding steroid dienone is 1. The van der Waals surface area contributed by atoms with Crippen LogP contribution in [0, 0.1) is 11.6 Å². The van der Waals surface area contributed by atoms with Crippen LogP contribution in [0.5, 0.6) is 23.0 Å². The van der Waals surface area contributed by atoms with Crippen molar-refractivity contribution in [3.05, 3.63) is 88.7 Å². The van der Waals surface area contributed by atoms with Crippen molar-refractivity contribution >= 4 is 11.9 Å². The third-order valence-electron chi connectivity index (χ3n) is 4.81. The molecule has 3 aromatic carbocycles. The molecule has 0 saturated carbocycles. The molecule has 1 aliphatic heterocycles. The van der Waals surface area contributed by atoms with Gasteiger partial charge in [0.15, 0.2) is 5.76 Å². The van der Waals surface area contributed by atoms with E-state index >= 15 is 0 Å². The minimum atomic E-state index is -0.690. The molecule has 158 valence electrons. The second-order valence-corrected chi connectivity index (χ2v) is 6.69. The summed E-state index contributed by atoms with van der Waals surface area (Å²) in [6.45, 7) is -0.297. The van der Waals surface area contributed by atoms with Crippen molar-refractivity contribution in [2.45, 2.75) is 6.61 Å². The highest BCUT2D eigenvalue weighted by molar-refractivity contribution is 6.14. The Morgan fingerprint density at radius 2 is 1.68 bits per heavy atom. The van der Waals surface area contributed by atoms with Crippen LogP contribution >= 0.6 is 0 Å². The summed E-state index contributed by atoms with van der Waals surface area (Å²) in [5, 5.41) is 0. The molecule has 0 N–H and O–H groups in total. The van der Waals surface area contributed by atoms with Crippen LogP contribution in [0.1, 0.15) is 21.5 Å². The largest absolute Gasteiger partial charge is 0.497 e. The predicted octanol–water partition coefficient (Wildman–Crippen LogP) is 5.18. The van der Waals surface area contributed by atoms with Gasteiger partial charge in [0.1, 0.15) is 41.2 Å². The number of Topliss-reactive ketones (excluding diaryl/α,β-unsaturated/α-hetero) is 1. The van der Waals surface area contributed by atoms with Crippen LogP contribution in [0.3, 0.4) is 0 Å². The quantitative estimate of drug-likeness (QED) is 0.511. The van der Waals surface area contributed by atoms with E-state index in [0.29, 0.717) is 34.1 Å². The molecule has 4 rings (SSSR count). The number of methoxy groups -OCH3 is 2. The molecule has 0 amide bonds. The molecule has 0 aliphatic carbocycles. The van der Waals surface area contributed by atoms with Gasteiger partial charge in [-0.2, -0.15) is 0 Å². The first-order chi connectivity index (χ1) is 15.0. The number of carbonyl (C=O) groups excluding carboxylic acids is 1. The number of fused-ring (bicyclic) bond motifs is 1. The number of ketones is 1. The van der Waals surface area contributed by atoms with Crippen LogP contribution in [-0.2, 0) is 6.61 Å². The Hall–Kier alpha value is -3.87. The molecule has 0 unspecified atom stereocenters. The van der Waals surface area contributed by atoms with Crippen LogP contribution in [0.4, 0.5) is 8.78 Å². The Morgan fingerprint density at radius 3 is 2.39 bits per heavy atom. The number of carbonyl (C=O) groups is 1. The van der Waals surface area contributed by atoms with Gasteiger partial charge in [-0.25, -0.2) is 8.78 Å². The molecule has 1 heterocycles. The Balaban J connectivity index is 1.57. The van der Waals surface area contributed by atoms with E-state index in [1.54, 1.807) is 43.5 Å². The molecule has 0 radical (unpaired) electrons. The number of hydrogen-bond acceptors (Lipinski definition) is 5. The number of rotatable bonds is 6. The molecule has 1 aliphatic rings. The Morgan fingerprint density at radius 1 is 0.935 bits per heavy atom. The first-order valence-corrected chi connectivity index (χ1v) is 9.36. The predicted molar refractivity (Wildman–Crippen MR) is 110 cm³/mol. The van der Waals surface area contributed by atoms with Gasteiger partial charge in [0, 0.05) is 11.6 Å². The summed E-state index contributed by atoms with van der Waals surface area (Å²) in [6.07, 6.45) is 1.57. The fraction of sp³-hybridized carbons (Fsp3) is 0.125. The third-order valence-corrected chi connectivity index (χ3v) is 4.81. The van der Waals surface area contributed by atoms with Crippen molar-refractivity contribution in [3.8, 4) is 23.0 Å². The van der Waals surface area contributed by atoms with Crippen molar-refractivity contribution in [2.24, 2.45) is 0 Å². The number of benzene rings is 3. The van der Waals surface area contributed by atoms with E-state index in [0.717, 1.165) is 12.1 Å². The molecule has 0 aromatic heterocycles. The Kier molecular flexibility index (Phi) is 5.58. The SMILES string of the molecule is COc1ccc(OC)c(/C=C2\Oc3cc(OCc4c(F)cccc4F)ccc3C2=O)c1. The minimum absolute atomic E-state index is 0.110. The summed E-state index contributed by atoms with van der Waals surface area (Å²) in [6, 6.07) is 13.4. The second-order valence-electron chi connectivity index (χ2n) is 6.69. The third kappa shape index (κ3) is 4.07. The first kappa shape index (κ1) is 20.4. The van der Waals surface area contributed by atoms with Crippen molar-refractivity contribution < 1.29 is 32.5 Å². The molecular formula is C24H18F2O5. The molecule has 0 bridgehead atoms. The number of halogens is 2. The van der Waals surface area contributed by atoms with Gasteiger partial charge in [-0.05, 0) is 48.5 Å². The number of hydrogen-bond donors (Lipinski definition) is 0. The maximum absolute atomic E-state index is 13.8. The molecule has 0 spiro atoms. The summed E-state index contributed by atoms with van der Waals surface area (Å²) in [5.41, 5.74) is 0.799.